The molecule has 20 heavy (non-hydrogen) atoms. The third-order valence-electron chi connectivity index (χ3n) is 2.48. The van der Waals surface area contributed by atoms with E-state index in [-0.39, 0.29) is 10.0 Å². The topological polar surface area (TPSA) is 85.1 Å². The number of benzene rings is 1. The monoisotopic (exact) mass is 331 g/mol. The van der Waals surface area contributed by atoms with E-state index in [2.05, 4.69) is 9.71 Å². The Labute approximate surface area is 126 Å². The standard InChI is InChI=1S/C12H11Cl2N3O2S/c13-10-3-2-9(5-11(10)14)17-20(18,19)12-4-1-8(6-15)7-16-12/h1-5,7,17H,6,15H2. The predicted octanol–water partition coefficient (Wildman–Crippen LogP) is 2.65. The molecule has 1 heterocycles. The molecule has 0 saturated carbocycles. The molecule has 0 fully saturated rings. The van der Waals surface area contributed by atoms with Crippen molar-refractivity contribution in [1.29, 1.82) is 0 Å². The molecule has 0 radical (unpaired) electrons. The lowest BCUT2D eigenvalue weighted by Gasteiger charge is -2.08. The van der Waals surface area contributed by atoms with E-state index in [1.807, 2.05) is 0 Å². The van der Waals surface area contributed by atoms with Crippen LogP contribution in [-0.4, -0.2) is 13.4 Å². The number of rotatable bonds is 4. The quantitative estimate of drug-likeness (QED) is 0.901. The molecule has 8 heteroatoms. The summed E-state index contributed by atoms with van der Waals surface area (Å²) in [5, 5.41) is 0.513. The van der Waals surface area contributed by atoms with E-state index in [4.69, 9.17) is 28.9 Å². The summed E-state index contributed by atoms with van der Waals surface area (Å²) in [6.07, 6.45) is 1.42. The minimum atomic E-state index is -3.77. The van der Waals surface area contributed by atoms with Crippen molar-refractivity contribution in [3.8, 4) is 0 Å². The molecule has 106 valence electrons. The minimum Gasteiger partial charge on any atom is -0.326 e. The van der Waals surface area contributed by atoms with Gasteiger partial charge in [-0.3, -0.25) is 4.72 Å². The van der Waals surface area contributed by atoms with E-state index in [1.165, 1.54) is 30.5 Å². The van der Waals surface area contributed by atoms with Crippen LogP contribution in [-0.2, 0) is 16.6 Å². The fourth-order valence-corrected chi connectivity index (χ4v) is 2.74. The largest absolute Gasteiger partial charge is 0.326 e. The van der Waals surface area contributed by atoms with Crippen molar-refractivity contribution in [1.82, 2.24) is 4.98 Å². The SMILES string of the molecule is NCc1ccc(S(=O)(=O)Nc2ccc(Cl)c(Cl)c2)nc1. The molecule has 0 unspecified atom stereocenters. The van der Waals surface area contributed by atoms with Gasteiger partial charge in [0.25, 0.3) is 10.0 Å². The number of anilines is 1. The normalized spacial score (nSPS) is 11.3. The van der Waals surface area contributed by atoms with Gasteiger partial charge in [-0.1, -0.05) is 29.3 Å². The number of hydrogen-bond donors (Lipinski definition) is 2. The van der Waals surface area contributed by atoms with Gasteiger partial charge < -0.3 is 5.73 Å². The summed E-state index contributed by atoms with van der Waals surface area (Å²) < 4.78 is 26.6. The van der Waals surface area contributed by atoms with Crippen LogP contribution in [0.3, 0.4) is 0 Å². The number of aromatic nitrogens is 1. The first kappa shape index (κ1) is 15.1. The lowest BCUT2D eigenvalue weighted by Crippen LogP contribution is -2.14. The van der Waals surface area contributed by atoms with E-state index < -0.39 is 10.0 Å². The maximum absolute atomic E-state index is 12.1. The highest BCUT2D eigenvalue weighted by molar-refractivity contribution is 7.92. The first-order valence-electron chi connectivity index (χ1n) is 5.55. The second-order valence-corrected chi connectivity index (χ2v) is 6.39. The van der Waals surface area contributed by atoms with Crippen molar-refractivity contribution in [2.24, 2.45) is 5.73 Å². The van der Waals surface area contributed by atoms with Gasteiger partial charge in [0, 0.05) is 12.7 Å². The van der Waals surface area contributed by atoms with Crippen molar-refractivity contribution >= 4 is 38.9 Å². The summed E-state index contributed by atoms with van der Waals surface area (Å²) >= 11 is 11.6. The lowest BCUT2D eigenvalue weighted by atomic mass is 10.3. The summed E-state index contributed by atoms with van der Waals surface area (Å²) in [7, 11) is -3.77. The molecule has 0 saturated heterocycles. The maximum Gasteiger partial charge on any atom is 0.279 e. The number of halogens is 2. The van der Waals surface area contributed by atoms with E-state index in [0.29, 0.717) is 17.3 Å². The second-order valence-electron chi connectivity index (χ2n) is 3.94. The second kappa shape index (κ2) is 5.97. The molecular weight excluding hydrogens is 321 g/mol. The Morgan fingerprint density at radius 3 is 2.45 bits per heavy atom. The summed E-state index contributed by atoms with van der Waals surface area (Å²) in [5.74, 6) is 0. The van der Waals surface area contributed by atoms with E-state index in [0.717, 1.165) is 5.56 Å². The molecule has 0 bridgehead atoms. The van der Waals surface area contributed by atoms with Gasteiger partial charge in [0.1, 0.15) is 0 Å². The fourth-order valence-electron chi connectivity index (χ4n) is 1.46. The number of hydrogen-bond acceptors (Lipinski definition) is 4. The van der Waals surface area contributed by atoms with Gasteiger partial charge >= 0.3 is 0 Å². The van der Waals surface area contributed by atoms with Gasteiger partial charge in [0.05, 0.1) is 15.7 Å². The van der Waals surface area contributed by atoms with Gasteiger partial charge in [-0.05, 0) is 29.8 Å². The van der Waals surface area contributed by atoms with Crippen molar-refractivity contribution in [2.75, 3.05) is 4.72 Å². The van der Waals surface area contributed by atoms with Gasteiger partial charge in [-0.25, -0.2) is 4.98 Å². The van der Waals surface area contributed by atoms with Crippen molar-refractivity contribution < 1.29 is 8.42 Å². The van der Waals surface area contributed by atoms with Crippen molar-refractivity contribution in [2.45, 2.75) is 11.6 Å². The molecule has 0 aliphatic heterocycles. The first-order valence-corrected chi connectivity index (χ1v) is 7.79. The highest BCUT2D eigenvalue weighted by Crippen LogP contribution is 2.26. The molecule has 5 nitrogen and oxygen atoms in total. The number of nitrogens with one attached hydrogen (secondary N) is 1. The number of nitrogens with zero attached hydrogens (tertiary/aromatic N) is 1. The molecule has 1 aromatic carbocycles. The number of pyridine rings is 1. The zero-order valence-corrected chi connectivity index (χ0v) is 12.5. The van der Waals surface area contributed by atoms with Crippen LogP contribution in [0.2, 0.25) is 10.0 Å². The van der Waals surface area contributed by atoms with Crippen LogP contribution in [0, 0.1) is 0 Å². The van der Waals surface area contributed by atoms with Gasteiger partial charge in [0.2, 0.25) is 0 Å². The zero-order valence-electron chi connectivity index (χ0n) is 10.2. The van der Waals surface area contributed by atoms with Crippen molar-refractivity contribution in [3.63, 3.8) is 0 Å². The Morgan fingerprint density at radius 2 is 1.90 bits per heavy atom. The molecule has 0 spiro atoms. The molecule has 0 aliphatic carbocycles. The Morgan fingerprint density at radius 1 is 1.15 bits per heavy atom. The molecule has 0 amide bonds. The fraction of sp³-hybridized carbons (Fsp3) is 0.0833. The van der Waals surface area contributed by atoms with Crippen LogP contribution in [0.1, 0.15) is 5.56 Å². The smallest absolute Gasteiger partial charge is 0.279 e. The van der Waals surface area contributed by atoms with E-state index >= 15 is 0 Å². The van der Waals surface area contributed by atoms with Crippen LogP contribution in [0.15, 0.2) is 41.6 Å². The molecule has 1 aromatic heterocycles. The van der Waals surface area contributed by atoms with Crippen LogP contribution in [0.25, 0.3) is 0 Å². The highest BCUT2D eigenvalue weighted by atomic mass is 35.5. The van der Waals surface area contributed by atoms with Gasteiger partial charge in [-0.2, -0.15) is 8.42 Å². The zero-order chi connectivity index (χ0) is 14.8. The van der Waals surface area contributed by atoms with Crippen LogP contribution in [0.4, 0.5) is 5.69 Å². The Balaban J connectivity index is 2.27. The van der Waals surface area contributed by atoms with E-state index in [1.54, 1.807) is 6.07 Å². The average Bonchev–Trinajstić information content (AvgIpc) is 2.43. The molecule has 3 N–H and O–H groups in total. The average molecular weight is 332 g/mol. The predicted molar refractivity (Wildman–Crippen MR) is 79.4 cm³/mol. The minimum absolute atomic E-state index is 0.0965. The van der Waals surface area contributed by atoms with Crippen molar-refractivity contribution in [3.05, 3.63) is 52.1 Å². The molecule has 0 atom stereocenters. The van der Waals surface area contributed by atoms with E-state index in [9.17, 15) is 8.42 Å². The Bertz CT molecular complexity index is 718. The first-order chi connectivity index (χ1) is 9.42. The third kappa shape index (κ3) is 3.40. The third-order valence-corrected chi connectivity index (χ3v) is 4.52. The summed E-state index contributed by atoms with van der Waals surface area (Å²) in [5.41, 5.74) is 6.49. The molecular formula is C12H11Cl2N3O2S. The lowest BCUT2D eigenvalue weighted by molar-refractivity contribution is 0.597. The van der Waals surface area contributed by atoms with Crippen LogP contribution >= 0.6 is 23.2 Å². The van der Waals surface area contributed by atoms with Crippen LogP contribution < -0.4 is 10.5 Å². The van der Waals surface area contributed by atoms with Gasteiger partial charge in [0.15, 0.2) is 5.03 Å². The summed E-state index contributed by atoms with van der Waals surface area (Å²) in [4.78, 5) is 3.87. The highest BCUT2D eigenvalue weighted by Gasteiger charge is 2.16. The molecule has 0 aliphatic rings. The number of nitrogens with two attached hydrogens (primary N) is 1. The maximum atomic E-state index is 12.1. The molecule has 2 aromatic rings. The molecule has 2 rings (SSSR count). The number of sulfonamides is 1. The summed E-state index contributed by atoms with van der Waals surface area (Å²) in [6, 6.07) is 7.45. The van der Waals surface area contributed by atoms with Gasteiger partial charge in [-0.15, -0.1) is 0 Å². The van der Waals surface area contributed by atoms with Crippen LogP contribution in [0.5, 0.6) is 0 Å². The summed E-state index contributed by atoms with van der Waals surface area (Å²) in [6.45, 7) is 0.299. The Kier molecular flexibility index (Phi) is 4.49. The Hall–Kier alpha value is -1.34.